The van der Waals surface area contributed by atoms with E-state index in [1.165, 1.54) is 19.3 Å². The fraction of sp³-hybridized carbons (Fsp3) is 0.895. The van der Waals surface area contributed by atoms with Crippen molar-refractivity contribution in [1.29, 1.82) is 0 Å². The number of hydrogen-bond acceptors (Lipinski definition) is 2. The standard InChI is InChI=1S/C19H30N2O2/c1-13-10-15(13)17(22)20-8-9-21(18(23)16-11-14(16)2)19(12-20)6-4-3-5-7-19/h13-16H,3-12H2,1-2H3/t13-,14+,15+,16-/m1/s1. The fourth-order valence-electron chi connectivity index (χ4n) is 4.91. The van der Waals surface area contributed by atoms with Gasteiger partial charge < -0.3 is 9.80 Å². The zero-order valence-electron chi connectivity index (χ0n) is 14.6. The van der Waals surface area contributed by atoms with Crippen molar-refractivity contribution >= 4 is 11.8 Å². The normalized spacial score (nSPS) is 38.5. The maximum Gasteiger partial charge on any atom is 0.226 e. The van der Waals surface area contributed by atoms with Crippen LogP contribution >= 0.6 is 0 Å². The Kier molecular flexibility index (Phi) is 3.69. The summed E-state index contributed by atoms with van der Waals surface area (Å²) in [6.07, 6.45) is 7.97. The van der Waals surface area contributed by atoms with Gasteiger partial charge in [-0.05, 0) is 37.5 Å². The highest BCUT2D eigenvalue weighted by molar-refractivity contribution is 5.84. The largest absolute Gasteiger partial charge is 0.338 e. The monoisotopic (exact) mass is 318 g/mol. The van der Waals surface area contributed by atoms with E-state index < -0.39 is 0 Å². The van der Waals surface area contributed by atoms with Crippen LogP contribution in [0.4, 0.5) is 0 Å². The first-order valence-electron chi connectivity index (χ1n) is 9.62. The summed E-state index contributed by atoms with van der Waals surface area (Å²) in [6.45, 7) is 6.66. The van der Waals surface area contributed by atoms with Gasteiger partial charge in [-0.2, -0.15) is 0 Å². The molecule has 4 aliphatic rings. The highest BCUT2D eigenvalue weighted by atomic mass is 16.2. The van der Waals surface area contributed by atoms with Crippen LogP contribution in [0.25, 0.3) is 0 Å². The molecular weight excluding hydrogens is 288 g/mol. The van der Waals surface area contributed by atoms with Crippen molar-refractivity contribution in [1.82, 2.24) is 9.80 Å². The molecule has 1 spiro atoms. The molecule has 4 nitrogen and oxygen atoms in total. The van der Waals surface area contributed by atoms with E-state index in [-0.39, 0.29) is 17.4 Å². The van der Waals surface area contributed by atoms with Crippen molar-refractivity contribution in [3.8, 4) is 0 Å². The topological polar surface area (TPSA) is 40.6 Å². The zero-order chi connectivity index (χ0) is 16.2. The van der Waals surface area contributed by atoms with Crippen molar-refractivity contribution in [3.05, 3.63) is 0 Å². The quantitative estimate of drug-likeness (QED) is 0.785. The van der Waals surface area contributed by atoms with Crippen LogP contribution in [-0.2, 0) is 9.59 Å². The van der Waals surface area contributed by atoms with Gasteiger partial charge in [0, 0.05) is 31.5 Å². The third kappa shape index (κ3) is 2.68. The molecule has 0 radical (unpaired) electrons. The Hall–Kier alpha value is -1.06. The fourth-order valence-corrected chi connectivity index (χ4v) is 4.91. The smallest absolute Gasteiger partial charge is 0.226 e. The lowest BCUT2D eigenvalue weighted by Gasteiger charge is -2.53. The van der Waals surface area contributed by atoms with Gasteiger partial charge in [0.1, 0.15) is 0 Å². The third-order valence-electron chi connectivity index (χ3n) is 6.87. The van der Waals surface area contributed by atoms with Gasteiger partial charge in [-0.25, -0.2) is 0 Å². The van der Waals surface area contributed by atoms with Crippen molar-refractivity contribution in [2.24, 2.45) is 23.7 Å². The Balaban J connectivity index is 1.52. The van der Waals surface area contributed by atoms with Gasteiger partial charge >= 0.3 is 0 Å². The van der Waals surface area contributed by atoms with E-state index in [0.717, 1.165) is 45.3 Å². The van der Waals surface area contributed by atoms with E-state index in [2.05, 4.69) is 23.6 Å². The molecule has 0 aromatic carbocycles. The van der Waals surface area contributed by atoms with Crippen LogP contribution in [0.1, 0.15) is 58.8 Å². The van der Waals surface area contributed by atoms with Gasteiger partial charge in [0.25, 0.3) is 0 Å². The summed E-state index contributed by atoms with van der Waals surface area (Å²) in [4.78, 5) is 29.9. The molecular formula is C19H30N2O2. The van der Waals surface area contributed by atoms with Gasteiger partial charge in [0.15, 0.2) is 0 Å². The van der Waals surface area contributed by atoms with Gasteiger partial charge in [-0.15, -0.1) is 0 Å². The first-order valence-corrected chi connectivity index (χ1v) is 9.62. The highest BCUT2D eigenvalue weighted by Crippen LogP contribution is 2.45. The van der Waals surface area contributed by atoms with Crippen molar-refractivity contribution in [2.45, 2.75) is 64.3 Å². The number of carbonyl (C=O) groups excluding carboxylic acids is 2. The molecule has 4 rings (SSSR count). The van der Waals surface area contributed by atoms with E-state index in [1.807, 2.05) is 0 Å². The van der Waals surface area contributed by atoms with Gasteiger partial charge in [0.05, 0.1) is 5.54 Å². The summed E-state index contributed by atoms with van der Waals surface area (Å²) in [5, 5.41) is 0. The third-order valence-corrected chi connectivity index (χ3v) is 6.87. The van der Waals surface area contributed by atoms with Crippen molar-refractivity contribution in [3.63, 3.8) is 0 Å². The van der Waals surface area contributed by atoms with Crippen LogP contribution in [0.15, 0.2) is 0 Å². The molecule has 23 heavy (non-hydrogen) atoms. The molecule has 3 saturated carbocycles. The lowest BCUT2D eigenvalue weighted by molar-refractivity contribution is -0.153. The minimum absolute atomic E-state index is 0.0519. The summed E-state index contributed by atoms with van der Waals surface area (Å²) >= 11 is 0. The zero-order valence-corrected chi connectivity index (χ0v) is 14.6. The highest BCUT2D eigenvalue weighted by Gasteiger charge is 2.52. The molecule has 128 valence electrons. The Labute approximate surface area is 139 Å². The average Bonchev–Trinajstić information content (AvgIpc) is 3.45. The molecule has 0 aromatic heterocycles. The van der Waals surface area contributed by atoms with E-state index in [9.17, 15) is 9.59 Å². The summed E-state index contributed by atoms with van der Waals surface area (Å²) in [7, 11) is 0. The minimum Gasteiger partial charge on any atom is -0.338 e. The van der Waals surface area contributed by atoms with Crippen LogP contribution in [0.2, 0.25) is 0 Å². The van der Waals surface area contributed by atoms with Crippen LogP contribution < -0.4 is 0 Å². The summed E-state index contributed by atoms with van der Waals surface area (Å²) in [5.74, 6) is 2.40. The number of amides is 2. The Bertz CT molecular complexity index is 511. The lowest BCUT2D eigenvalue weighted by atomic mass is 9.78. The first-order chi connectivity index (χ1) is 11.0. The number of carbonyl (C=O) groups is 2. The molecule has 1 saturated heterocycles. The molecule has 4 atom stereocenters. The molecule has 4 fully saturated rings. The molecule has 3 aliphatic carbocycles. The van der Waals surface area contributed by atoms with Gasteiger partial charge in [-0.3, -0.25) is 9.59 Å². The van der Waals surface area contributed by atoms with Gasteiger partial charge in [-0.1, -0.05) is 33.1 Å². The molecule has 0 unspecified atom stereocenters. The second-order valence-corrected chi connectivity index (χ2v) is 8.67. The Morgan fingerprint density at radius 2 is 1.43 bits per heavy atom. The second-order valence-electron chi connectivity index (χ2n) is 8.67. The summed E-state index contributed by atoms with van der Waals surface area (Å²) < 4.78 is 0. The summed E-state index contributed by atoms with van der Waals surface area (Å²) in [5.41, 5.74) is -0.0519. The van der Waals surface area contributed by atoms with Crippen molar-refractivity contribution < 1.29 is 9.59 Å². The average molecular weight is 318 g/mol. The van der Waals surface area contributed by atoms with E-state index >= 15 is 0 Å². The molecule has 0 N–H and O–H groups in total. The van der Waals surface area contributed by atoms with Crippen LogP contribution in [0, 0.1) is 23.7 Å². The molecule has 1 aliphatic heterocycles. The Morgan fingerprint density at radius 3 is 2.00 bits per heavy atom. The van der Waals surface area contributed by atoms with Crippen LogP contribution in [0.5, 0.6) is 0 Å². The van der Waals surface area contributed by atoms with E-state index in [4.69, 9.17) is 0 Å². The predicted molar refractivity (Wildman–Crippen MR) is 88.7 cm³/mol. The SMILES string of the molecule is C[C@@H]1C[C@@H]1C(=O)N1CCN(C(=O)[C@@H]2C[C@@H]2C)C2(CCCCC2)C1. The number of piperazine rings is 1. The first kappa shape index (κ1) is 15.5. The van der Waals surface area contributed by atoms with Crippen LogP contribution in [0.3, 0.4) is 0 Å². The Morgan fingerprint density at radius 1 is 0.870 bits per heavy atom. The molecule has 0 aromatic rings. The molecule has 2 amide bonds. The van der Waals surface area contributed by atoms with E-state index in [1.54, 1.807) is 0 Å². The lowest BCUT2D eigenvalue weighted by Crippen LogP contribution is -2.66. The molecule has 0 bridgehead atoms. The van der Waals surface area contributed by atoms with Gasteiger partial charge in [0.2, 0.25) is 11.8 Å². The minimum atomic E-state index is -0.0519. The predicted octanol–water partition coefficient (Wildman–Crippen LogP) is 2.67. The van der Waals surface area contributed by atoms with E-state index in [0.29, 0.717) is 23.7 Å². The van der Waals surface area contributed by atoms with Crippen LogP contribution in [-0.4, -0.2) is 46.8 Å². The second kappa shape index (κ2) is 5.49. The molecule has 4 heteroatoms. The molecule has 1 heterocycles. The van der Waals surface area contributed by atoms with Crippen molar-refractivity contribution in [2.75, 3.05) is 19.6 Å². The number of hydrogen-bond donors (Lipinski definition) is 0. The summed E-state index contributed by atoms with van der Waals surface area (Å²) in [6, 6.07) is 0. The maximum atomic E-state index is 12.9. The number of nitrogens with zero attached hydrogens (tertiary/aromatic N) is 2. The maximum absolute atomic E-state index is 12.9. The number of rotatable bonds is 2.